The number of unbranched alkanes of at least 4 members (excludes halogenated alkanes) is 11. The van der Waals surface area contributed by atoms with Crippen molar-refractivity contribution in [1.29, 1.82) is 0 Å². The van der Waals surface area contributed by atoms with Crippen LogP contribution in [-0.4, -0.2) is 52.2 Å². The second-order valence-electron chi connectivity index (χ2n) is 9.29. The van der Waals surface area contributed by atoms with Crippen molar-refractivity contribution in [2.24, 2.45) is 0 Å². The number of carbonyl (C=O) groups is 2. The molecular formula is C26H34N8O4. The summed E-state index contributed by atoms with van der Waals surface area (Å²) in [6.45, 7) is 0. The maximum Gasteiger partial charge on any atom is 0.335 e. The number of hydrogen-bond donors (Lipinski definition) is 0. The molecule has 0 spiro atoms. The molecule has 4 rings (SSSR count). The van der Waals surface area contributed by atoms with Gasteiger partial charge in [0, 0.05) is 25.2 Å². The van der Waals surface area contributed by atoms with Crippen LogP contribution >= 0.6 is 0 Å². The lowest BCUT2D eigenvalue weighted by atomic mass is 10.0. The lowest BCUT2D eigenvalue weighted by Crippen LogP contribution is -2.21. The highest BCUT2D eigenvalue weighted by Gasteiger charge is 2.12. The summed E-state index contributed by atoms with van der Waals surface area (Å²) >= 11 is 0. The Bertz CT molecular complexity index is 1200. The van der Waals surface area contributed by atoms with Gasteiger partial charge in [-0.15, -0.1) is 10.2 Å². The standard InChI is InChI=1S/C26H34N8O4/c35-23(37-33-25-21(29-31-33)15-13-19-27-25)17-11-9-7-5-3-1-2-4-6-8-10-12-18-24(36)38-34-26-22(30-32-34)16-14-20-28-26/h13-16,19-20H,1-12,17-18H2. The zero-order valence-corrected chi connectivity index (χ0v) is 21.6. The summed E-state index contributed by atoms with van der Waals surface area (Å²) in [5.74, 6) is -0.638. The number of pyridine rings is 2. The fourth-order valence-corrected chi connectivity index (χ4v) is 4.20. The average Bonchev–Trinajstić information content (AvgIpc) is 3.53. The van der Waals surface area contributed by atoms with E-state index in [1.165, 1.54) is 38.5 Å². The maximum absolute atomic E-state index is 12.0. The minimum absolute atomic E-state index is 0.319. The van der Waals surface area contributed by atoms with Crippen LogP contribution in [0.25, 0.3) is 22.3 Å². The fraction of sp³-hybridized carbons (Fsp3) is 0.538. The Hall–Kier alpha value is -3.96. The molecule has 38 heavy (non-hydrogen) atoms. The molecule has 4 aromatic rings. The van der Waals surface area contributed by atoms with E-state index in [1.54, 1.807) is 36.7 Å². The molecule has 0 amide bonds. The Kier molecular flexibility index (Phi) is 10.5. The molecule has 4 aromatic heterocycles. The van der Waals surface area contributed by atoms with Crippen molar-refractivity contribution in [3.05, 3.63) is 36.7 Å². The van der Waals surface area contributed by atoms with E-state index in [0.717, 1.165) is 48.2 Å². The Balaban J connectivity index is 0.921. The number of rotatable bonds is 17. The molecule has 0 aliphatic carbocycles. The van der Waals surface area contributed by atoms with Crippen molar-refractivity contribution < 1.29 is 19.3 Å². The van der Waals surface area contributed by atoms with Crippen LogP contribution in [-0.2, 0) is 9.59 Å². The summed E-state index contributed by atoms with van der Waals surface area (Å²) in [5, 5.41) is 15.5. The van der Waals surface area contributed by atoms with Gasteiger partial charge in [-0.05, 0) is 57.2 Å². The van der Waals surface area contributed by atoms with Gasteiger partial charge in [0.2, 0.25) is 11.3 Å². The highest BCUT2D eigenvalue weighted by Crippen LogP contribution is 2.14. The molecule has 0 saturated carbocycles. The van der Waals surface area contributed by atoms with Gasteiger partial charge in [0.05, 0.1) is 0 Å². The SMILES string of the molecule is O=C(CCCCCCCCCCCCCCC(=O)On1nnc2cccnc21)On1nnc2cccnc21. The van der Waals surface area contributed by atoms with Gasteiger partial charge in [-0.2, -0.15) is 0 Å². The Morgan fingerprint density at radius 3 is 1.34 bits per heavy atom. The van der Waals surface area contributed by atoms with Crippen molar-refractivity contribution >= 4 is 34.3 Å². The summed E-state index contributed by atoms with van der Waals surface area (Å²) in [5.41, 5.74) is 2.07. The Labute approximate surface area is 220 Å². The van der Waals surface area contributed by atoms with E-state index in [0.29, 0.717) is 35.2 Å². The predicted molar refractivity (Wildman–Crippen MR) is 138 cm³/mol. The van der Waals surface area contributed by atoms with Gasteiger partial charge in [0.1, 0.15) is 11.0 Å². The van der Waals surface area contributed by atoms with Crippen LogP contribution in [0.3, 0.4) is 0 Å². The summed E-state index contributed by atoms with van der Waals surface area (Å²) in [6, 6.07) is 7.05. The molecule has 202 valence electrons. The van der Waals surface area contributed by atoms with E-state index >= 15 is 0 Å². The van der Waals surface area contributed by atoms with Crippen molar-refractivity contribution in [3.63, 3.8) is 0 Å². The van der Waals surface area contributed by atoms with Crippen LogP contribution in [0.5, 0.6) is 0 Å². The Morgan fingerprint density at radius 1 is 0.579 bits per heavy atom. The molecular weight excluding hydrogens is 488 g/mol. The molecule has 0 fully saturated rings. The largest absolute Gasteiger partial charge is 0.335 e. The first-order valence-corrected chi connectivity index (χ1v) is 13.5. The topological polar surface area (TPSA) is 140 Å². The van der Waals surface area contributed by atoms with Crippen molar-refractivity contribution in [2.45, 2.75) is 89.9 Å². The van der Waals surface area contributed by atoms with Gasteiger partial charge in [-0.25, -0.2) is 19.6 Å². The molecule has 0 atom stereocenters. The summed E-state index contributed by atoms with van der Waals surface area (Å²) in [6.07, 6.45) is 17.1. The van der Waals surface area contributed by atoms with E-state index < -0.39 is 0 Å². The molecule has 0 saturated heterocycles. The zero-order valence-electron chi connectivity index (χ0n) is 21.6. The van der Waals surface area contributed by atoms with Crippen molar-refractivity contribution in [3.8, 4) is 0 Å². The van der Waals surface area contributed by atoms with E-state index in [-0.39, 0.29) is 11.9 Å². The molecule has 0 bridgehead atoms. The van der Waals surface area contributed by atoms with Crippen LogP contribution in [0.2, 0.25) is 0 Å². The number of aromatic nitrogens is 8. The van der Waals surface area contributed by atoms with Crippen LogP contribution < -0.4 is 9.68 Å². The third-order valence-corrected chi connectivity index (χ3v) is 6.25. The Morgan fingerprint density at radius 2 is 0.947 bits per heavy atom. The predicted octanol–water partition coefficient (Wildman–Crippen LogP) is 4.04. The number of carbonyl (C=O) groups excluding carboxylic acids is 2. The molecule has 12 heteroatoms. The van der Waals surface area contributed by atoms with Crippen LogP contribution in [0.15, 0.2) is 36.7 Å². The summed E-state index contributed by atoms with van der Waals surface area (Å²) in [4.78, 5) is 44.9. The van der Waals surface area contributed by atoms with E-state index in [9.17, 15) is 9.59 Å². The van der Waals surface area contributed by atoms with Gasteiger partial charge in [0.25, 0.3) is 0 Å². The van der Waals surface area contributed by atoms with Crippen LogP contribution in [0.1, 0.15) is 89.9 Å². The minimum Gasteiger partial charge on any atom is -0.316 e. The fourth-order valence-electron chi connectivity index (χ4n) is 4.20. The quantitative estimate of drug-likeness (QED) is 0.147. The molecule has 0 aliphatic rings. The third kappa shape index (κ3) is 8.29. The third-order valence-electron chi connectivity index (χ3n) is 6.25. The monoisotopic (exact) mass is 522 g/mol. The van der Waals surface area contributed by atoms with Gasteiger partial charge < -0.3 is 9.68 Å². The second kappa shape index (κ2) is 14.7. The lowest BCUT2D eigenvalue weighted by molar-refractivity contribution is -0.146. The van der Waals surface area contributed by atoms with E-state index in [2.05, 4.69) is 30.6 Å². The van der Waals surface area contributed by atoms with Crippen LogP contribution in [0, 0.1) is 0 Å². The number of fused-ring (bicyclic) bond motifs is 2. The first kappa shape index (κ1) is 27.1. The lowest BCUT2D eigenvalue weighted by Gasteiger charge is -2.04. The maximum atomic E-state index is 12.0. The number of hydrogen-bond acceptors (Lipinski definition) is 10. The smallest absolute Gasteiger partial charge is 0.316 e. The molecule has 0 radical (unpaired) electrons. The van der Waals surface area contributed by atoms with Gasteiger partial charge in [-0.1, -0.05) is 64.2 Å². The van der Waals surface area contributed by atoms with E-state index in [4.69, 9.17) is 9.68 Å². The summed E-state index contributed by atoms with van der Waals surface area (Å²) in [7, 11) is 0. The highest BCUT2D eigenvalue weighted by atomic mass is 16.7. The van der Waals surface area contributed by atoms with Crippen molar-refractivity contribution in [1.82, 2.24) is 40.3 Å². The minimum atomic E-state index is -0.319. The zero-order chi connectivity index (χ0) is 26.4. The molecule has 0 aliphatic heterocycles. The summed E-state index contributed by atoms with van der Waals surface area (Å²) < 4.78 is 0. The second-order valence-corrected chi connectivity index (χ2v) is 9.29. The van der Waals surface area contributed by atoms with Gasteiger partial charge in [-0.3, -0.25) is 0 Å². The normalized spacial score (nSPS) is 11.3. The average molecular weight is 523 g/mol. The van der Waals surface area contributed by atoms with Crippen LogP contribution in [0.4, 0.5) is 0 Å². The van der Waals surface area contributed by atoms with Gasteiger partial charge >= 0.3 is 11.9 Å². The molecule has 0 unspecified atom stereocenters. The molecule has 12 nitrogen and oxygen atoms in total. The first-order chi connectivity index (χ1) is 18.7. The van der Waals surface area contributed by atoms with Gasteiger partial charge in [0.15, 0.2) is 0 Å². The molecule has 4 heterocycles. The molecule has 0 N–H and O–H groups in total. The van der Waals surface area contributed by atoms with E-state index in [1.807, 2.05) is 0 Å². The highest BCUT2D eigenvalue weighted by molar-refractivity contribution is 5.73. The van der Waals surface area contributed by atoms with Crippen molar-refractivity contribution in [2.75, 3.05) is 0 Å². The number of nitrogens with zero attached hydrogens (tertiary/aromatic N) is 8. The first-order valence-electron chi connectivity index (χ1n) is 13.5. The molecule has 0 aromatic carbocycles.